The van der Waals surface area contributed by atoms with Gasteiger partial charge in [0.05, 0.1) is 5.92 Å². The van der Waals surface area contributed by atoms with Gasteiger partial charge in [-0.25, -0.2) is 14.4 Å². The van der Waals surface area contributed by atoms with Crippen molar-refractivity contribution in [3.05, 3.63) is 78.2 Å². The van der Waals surface area contributed by atoms with E-state index in [2.05, 4.69) is 56.3 Å². The Morgan fingerprint density at radius 3 is 2.71 bits per heavy atom. The number of anilines is 1. The molecule has 1 aromatic heterocycles. The molecular formula is C27H32FN5O. The smallest absolute Gasteiger partial charge is 0.224 e. The standard InChI is InChI=1S/C27H32FN5O/c1-2-32(19-21-7-4-3-5-8-21)18-16-30-27(34)23-9-6-17-33(20-23)25-14-15-29-26(31-25)22-10-12-24(28)13-11-22/h3-5,7-8,10-15,23H,2,6,9,16-20H2,1H3,(H,30,34). The summed E-state index contributed by atoms with van der Waals surface area (Å²) in [5.74, 6) is 1.11. The molecule has 34 heavy (non-hydrogen) atoms. The van der Waals surface area contributed by atoms with E-state index >= 15 is 0 Å². The largest absolute Gasteiger partial charge is 0.356 e. The summed E-state index contributed by atoms with van der Waals surface area (Å²) >= 11 is 0. The molecule has 0 aliphatic carbocycles. The van der Waals surface area contributed by atoms with Crippen LogP contribution in [0.3, 0.4) is 0 Å². The molecule has 1 atom stereocenters. The van der Waals surface area contributed by atoms with Gasteiger partial charge in [0, 0.05) is 44.5 Å². The molecule has 178 valence electrons. The van der Waals surface area contributed by atoms with Crippen LogP contribution in [-0.2, 0) is 11.3 Å². The lowest BCUT2D eigenvalue weighted by molar-refractivity contribution is -0.125. The quantitative estimate of drug-likeness (QED) is 0.519. The maximum atomic E-state index is 13.3. The summed E-state index contributed by atoms with van der Waals surface area (Å²) in [5.41, 5.74) is 2.05. The molecule has 0 radical (unpaired) electrons. The summed E-state index contributed by atoms with van der Waals surface area (Å²) in [6, 6.07) is 18.4. The lowest BCUT2D eigenvalue weighted by Crippen LogP contribution is -2.45. The Morgan fingerprint density at radius 2 is 1.94 bits per heavy atom. The van der Waals surface area contributed by atoms with Crippen LogP contribution < -0.4 is 10.2 Å². The molecule has 3 aromatic rings. The van der Waals surface area contributed by atoms with Gasteiger partial charge in [0.2, 0.25) is 5.91 Å². The predicted octanol–water partition coefficient (Wildman–Crippen LogP) is 4.14. The van der Waals surface area contributed by atoms with E-state index in [0.29, 0.717) is 18.9 Å². The van der Waals surface area contributed by atoms with Crippen LogP contribution in [0.1, 0.15) is 25.3 Å². The van der Waals surface area contributed by atoms with Crippen molar-refractivity contribution in [2.75, 3.05) is 37.6 Å². The Morgan fingerprint density at radius 1 is 1.15 bits per heavy atom. The van der Waals surface area contributed by atoms with Crippen LogP contribution in [0.5, 0.6) is 0 Å². The van der Waals surface area contributed by atoms with Crippen molar-refractivity contribution in [2.45, 2.75) is 26.3 Å². The number of hydrogen-bond acceptors (Lipinski definition) is 5. The molecular weight excluding hydrogens is 429 g/mol. The molecule has 2 heterocycles. The molecule has 4 rings (SSSR count). The molecule has 7 heteroatoms. The molecule has 1 N–H and O–H groups in total. The highest BCUT2D eigenvalue weighted by Gasteiger charge is 2.26. The van der Waals surface area contributed by atoms with E-state index < -0.39 is 0 Å². The number of aromatic nitrogens is 2. The normalized spacial score (nSPS) is 16.0. The second kappa shape index (κ2) is 11.7. The van der Waals surface area contributed by atoms with Crippen molar-refractivity contribution >= 4 is 11.7 Å². The first-order valence-electron chi connectivity index (χ1n) is 12.0. The van der Waals surface area contributed by atoms with Gasteiger partial charge >= 0.3 is 0 Å². The van der Waals surface area contributed by atoms with Crippen LogP contribution in [0.2, 0.25) is 0 Å². The zero-order chi connectivity index (χ0) is 23.8. The van der Waals surface area contributed by atoms with Gasteiger partial charge in [-0.3, -0.25) is 9.69 Å². The zero-order valence-electron chi connectivity index (χ0n) is 19.7. The van der Waals surface area contributed by atoms with E-state index in [9.17, 15) is 9.18 Å². The van der Waals surface area contributed by atoms with Crippen LogP contribution in [0.25, 0.3) is 11.4 Å². The number of carbonyl (C=O) groups is 1. The van der Waals surface area contributed by atoms with E-state index in [1.807, 2.05) is 12.1 Å². The molecule has 0 saturated carbocycles. The van der Waals surface area contributed by atoms with Crippen LogP contribution in [0.4, 0.5) is 10.2 Å². The van der Waals surface area contributed by atoms with E-state index in [0.717, 1.165) is 50.4 Å². The third kappa shape index (κ3) is 6.38. The fourth-order valence-electron chi connectivity index (χ4n) is 4.33. The van der Waals surface area contributed by atoms with Gasteiger partial charge in [0.15, 0.2) is 5.82 Å². The fraction of sp³-hybridized carbons (Fsp3) is 0.370. The summed E-state index contributed by atoms with van der Waals surface area (Å²) in [6.07, 6.45) is 3.53. The third-order valence-electron chi connectivity index (χ3n) is 6.28. The minimum absolute atomic E-state index is 0.0674. The average Bonchev–Trinajstić information content (AvgIpc) is 2.89. The molecule has 0 spiro atoms. The van der Waals surface area contributed by atoms with Crippen molar-refractivity contribution in [2.24, 2.45) is 5.92 Å². The highest BCUT2D eigenvalue weighted by atomic mass is 19.1. The van der Waals surface area contributed by atoms with Crippen molar-refractivity contribution in [1.82, 2.24) is 20.2 Å². The SMILES string of the molecule is CCN(CCNC(=O)C1CCCN(c2ccnc(-c3ccc(F)cc3)n2)C1)Cc1ccccc1. The van der Waals surface area contributed by atoms with Crippen LogP contribution in [0.15, 0.2) is 66.9 Å². The Kier molecular flexibility index (Phi) is 8.20. The Bertz CT molecular complexity index is 1060. The van der Waals surface area contributed by atoms with Gasteiger partial charge < -0.3 is 10.2 Å². The number of nitrogens with zero attached hydrogens (tertiary/aromatic N) is 4. The monoisotopic (exact) mass is 461 g/mol. The number of nitrogens with one attached hydrogen (secondary N) is 1. The van der Waals surface area contributed by atoms with Gasteiger partial charge in [-0.1, -0.05) is 37.3 Å². The van der Waals surface area contributed by atoms with Crippen molar-refractivity contribution < 1.29 is 9.18 Å². The van der Waals surface area contributed by atoms with Gasteiger partial charge in [-0.2, -0.15) is 0 Å². The van der Waals surface area contributed by atoms with E-state index in [1.165, 1.54) is 17.7 Å². The summed E-state index contributed by atoms with van der Waals surface area (Å²) in [5, 5.41) is 3.14. The summed E-state index contributed by atoms with van der Waals surface area (Å²) < 4.78 is 13.3. The first kappa shape index (κ1) is 23.8. The minimum Gasteiger partial charge on any atom is -0.356 e. The van der Waals surface area contributed by atoms with Crippen molar-refractivity contribution in [1.29, 1.82) is 0 Å². The number of amides is 1. The Balaban J connectivity index is 1.30. The molecule has 1 saturated heterocycles. The van der Waals surface area contributed by atoms with Crippen LogP contribution in [-0.4, -0.2) is 53.5 Å². The third-order valence-corrected chi connectivity index (χ3v) is 6.28. The maximum absolute atomic E-state index is 13.3. The number of hydrogen-bond donors (Lipinski definition) is 1. The number of piperidine rings is 1. The molecule has 1 amide bonds. The summed E-state index contributed by atoms with van der Waals surface area (Å²) in [4.78, 5) is 26.4. The topological polar surface area (TPSA) is 61.4 Å². The van der Waals surface area contributed by atoms with E-state index in [4.69, 9.17) is 0 Å². The highest BCUT2D eigenvalue weighted by molar-refractivity contribution is 5.79. The lowest BCUT2D eigenvalue weighted by atomic mass is 9.97. The lowest BCUT2D eigenvalue weighted by Gasteiger charge is -2.33. The van der Waals surface area contributed by atoms with Crippen molar-refractivity contribution in [3.8, 4) is 11.4 Å². The number of rotatable bonds is 9. The summed E-state index contributed by atoms with van der Waals surface area (Å²) in [6.45, 7) is 6.91. The van der Waals surface area contributed by atoms with Gasteiger partial charge in [0.1, 0.15) is 11.6 Å². The molecule has 0 bridgehead atoms. The molecule has 1 aliphatic heterocycles. The number of halogens is 1. The highest BCUT2D eigenvalue weighted by Crippen LogP contribution is 2.24. The molecule has 1 aliphatic rings. The van der Waals surface area contributed by atoms with Crippen LogP contribution >= 0.6 is 0 Å². The molecule has 1 fully saturated rings. The predicted molar refractivity (Wildman–Crippen MR) is 133 cm³/mol. The first-order valence-corrected chi connectivity index (χ1v) is 12.0. The van der Waals surface area contributed by atoms with Crippen LogP contribution in [0, 0.1) is 11.7 Å². The van der Waals surface area contributed by atoms with Gasteiger partial charge in [0.25, 0.3) is 0 Å². The number of benzene rings is 2. The maximum Gasteiger partial charge on any atom is 0.224 e. The molecule has 2 aromatic carbocycles. The first-order chi connectivity index (χ1) is 16.6. The average molecular weight is 462 g/mol. The van der Waals surface area contributed by atoms with E-state index in [1.54, 1.807) is 18.3 Å². The number of carbonyl (C=O) groups excluding carboxylic acids is 1. The second-order valence-electron chi connectivity index (χ2n) is 8.68. The summed E-state index contributed by atoms with van der Waals surface area (Å²) in [7, 11) is 0. The molecule has 1 unspecified atom stereocenters. The minimum atomic E-state index is -0.285. The van der Waals surface area contributed by atoms with Gasteiger partial charge in [-0.05, 0) is 55.3 Å². The Labute approximate surface area is 200 Å². The number of likely N-dealkylation sites (N-methyl/N-ethyl adjacent to an activating group) is 1. The van der Waals surface area contributed by atoms with E-state index in [-0.39, 0.29) is 17.6 Å². The fourth-order valence-corrected chi connectivity index (χ4v) is 4.33. The second-order valence-corrected chi connectivity index (χ2v) is 8.68. The van der Waals surface area contributed by atoms with Crippen molar-refractivity contribution in [3.63, 3.8) is 0 Å². The van der Waals surface area contributed by atoms with Gasteiger partial charge in [-0.15, -0.1) is 0 Å². The Hall–Kier alpha value is -3.32. The zero-order valence-corrected chi connectivity index (χ0v) is 19.7. The molecule has 6 nitrogen and oxygen atoms in total.